The first-order chi connectivity index (χ1) is 12.1. The molecule has 7 nitrogen and oxygen atoms in total. The van der Waals surface area contributed by atoms with Gasteiger partial charge in [-0.15, -0.1) is 0 Å². The fourth-order valence-corrected chi connectivity index (χ4v) is 3.27. The molecule has 7 heteroatoms. The standard InChI is InChI=1S/C18H24N6O/c1-23(2)16(25)11-24-10-13-4-3-5-14(17(13)22-24)20-15-8-9-19-18(21-15)12-6-7-12/h8-10,12,14H,3-7,11H2,1-2H3,(H,19,20,21). The van der Waals surface area contributed by atoms with Gasteiger partial charge < -0.3 is 10.2 Å². The van der Waals surface area contributed by atoms with Crippen LogP contribution in [-0.4, -0.2) is 44.7 Å². The summed E-state index contributed by atoms with van der Waals surface area (Å²) in [6, 6.07) is 2.06. The summed E-state index contributed by atoms with van der Waals surface area (Å²) in [7, 11) is 3.53. The van der Waals surface area contributed by atoms with Gasteiger partial charge in [0.2, 0.25) is 5.91 Å². The first kappa shape index (κ1) is 16.1. The Morgan fingerprint density at radius 1 is 1.36 bits per heavy atom. The van der Waals surface area contributed by atoms with Crippen molar-refractivity contribution in [3.63, 3.8) is 0 Å². The molecule has 1 amide bonds. The van der Waals surface area contributed by atoms with Crippen molar-refractivity contribution >= 4 is 11.7 Å². The van der Waals surface area contributed by atoms with Crippen LogP contribution in [0.5, 0.6) is 0 Å². The maximum absolute atomic E-state index is 11.9. The van der Waals surface area contributed by atoms with Crippen LogP contribution >= 0.6 is 0 Å². The maximum Gasteiger partial charge on any atom is 0.243 e. The van der Waals surface area contributed by atoms with Gasteiger partial charge in [0.25, 0.3) is 0 Å². The molecular formula is C18H24N6O. The van der Waals surface area contributed by atoms with Crippen LogP contribution in [0.4, 0.5) is 5.82 Å². The molecule has 2 aliphatic carbocycles. The van der Waals surface area contributed by atoms with Gasteiger partial charge in [0.15, 0.2) is 0 Å². The minimum Gasteiger partial charge on any atom is -0.362 e. The highest BCUT2D eigenvalue weighted by Gasteiger charge is 2.28. The van der Waals surface area contributed by atoms with E-state index in [1.54, 1.807) is 23.7 Å². The number of nitrogens with zero attached hydrogens (tertiary/aromatic N) is 5. The van der Waals surface area contributed by atoms with Gasteiger partial charge in [-0.05, 0) is 43.7 Å². The largest absolute Gasteiger partial charge is 0.362 e. The number of rotatable bonds is 5. The Kier molecular flexibility index (Phi) is 4.15. The van der Waals surface area contributed by atoms with Gasteiger partial charge in [0.1, 0.15) is 18.2 Å². The van der Waals surface area contributed by atoms with Crippen molar-refractivity contribution in [3.05, 3.63) is 35.5 Å². The van der Waals surface area contributed by atoms with E-state index in [1.165, 1.54) is 18.4 Å². The van der Waals surface area contributed by atoms with Crippen LogP contribution < -0.4 is 5.32 Å². The predicted octanol–water partition coefficient (Wildman–Crippen LogP) is 2.13. The number of fused-ring (bicyclic) bond motifs is 1. The van der Waals surface area contributed by atoms with Gasteiger partial charge in [-0.25, -0.2) is 9.97 Å². The summed E-state index contributed by atoms with van der Waals surface area (Å²) < 4.78 is 1.77. The molecule has 132 valence electrons. The summed E-state index contributed by atoms with van der Waals surface area (Å²) in [5.74, 6) is 2.41. The van der Waals surface area contributed by atoms with Gasteiger partial charge in [-0.2, -0.15) is 5.10 Å². The number of hydrogen-bond donors (Lipinski definition) is 1. The summed E-state index contributed by atoms with van der Waals surface area (Å²) in [6.45, 7) is 0.284. The highest BCUT2D eigenvalue weighted by atomic mass is 16.2. The first-order valence-corrected chi connectivity index (χ1v) is 8.96. The highest BCUT2D eigenvalue weighted by molar-refractivity contribution is 5.75. The van der Waals surface area contributed by atoms with Crippen molar-refractivity contribution in [2.45, 2.75) is 50.6 Å². The average Bonchev–Trinajstić information content (AvgIpc) is 3.36. The minimum absolute atomic E-state index is 0.0502. The number of hydrogen-bond acceptors (Lipinski definition) is 5. The van der Waals surface area contributed by atoms with Crippen LogP contribution in [0.2, 0.25) is 0 Å². The van der Waals surface area contributed by atoms with E-state index in [2.05, 4.69) is 20.4 Å². The first-order valence-electron chi connectivity index (χ1n) is 8.96. The number of nitrogens with one attached hydrogen (secondary N) is 1. The van der Waals surface area contributed by atoms with Crippen LogP contribution in [0, 0.1) is 0 Å². The molecule has 0 spiro atoms. The van der Waals surface area contributed by atoms with Crippen molar-refractivity contribution in [1.82, 2.24) is 24.6 Å². The third-order valence-corrected chi connectivity index (χ3v) is 4.87. The number of anilines is 1. The molecule has 1 fully saturated rings. The third kappa shape index (κ3) is 3.50. The molecular weight excluding hydrogens is 316 g/mol. The minimum atomic E-state index is 0.0502. The van der Waals surface area contributed by atoms with Crippen LogP contribution in [0.1, 0.15) is 54.7 Å². The van der Waals surface area contributed by atoms with Crippen molar-refractivity contribution in [3.8, 4) is 0 Å². The zero-order valence-electron chi connectivity index (χ0n) is 14.8. The maximum atomic E-state index is 11.9. The van der Waals surface area contributed by atoms with Crippen LogP contribution in [-0.2, 0) is 17.8 Å². The van der Waals surface area contributed by atoms with E-state index < -0.39 is 0 Å². The van der Waals surface area contributed by atoms with Gasteiger partial charge in [0.05, 0.1) is 11.7 Å². The molecule has 1 N–H and O–H groups in total. The Labute approximate surface area is 147 Å². The highest BCUT2D eigenvalue weighted by Crippen LogP contribution is 2.38. The molecule has 1 atom stereocenters. The molecule has 0 aliphatic heterocycles. The smallest absolute Gasteiger partial charge is 0.243 e. The average molecular weight is 340 g/mol. The number of carbonyl (C=O) groups excluding carboxylic acids is 1. The summed E-state index contributed by atoms with van der Waals surface area (Å²) in [5, 5.41) is 8.21. The van der Waals surface area contributed by atoms with Gasteiger partial charge in [-0.3, -0.25) is 9.48 Å². The van der Waals surface area contributed by atoms with E-state index in [0.717, 1.165) is 36.6 Å². The predicted molar refractivity (Wildman–Crippen MR) is 94.2 cm³/mol. The van der Waals surface area contributed by atoms with Crippen LogP contribution in [0.25, 0.3) is 0 Å². The fraction of sp³-hybridized carbons (Fsp3) is 0.556. The van der Waals surface area contributed by atoms with Crippen LogP contribution in [0.15, 0.2) is 18.5 Å². The topological polar surface area (TPSA) is 75.9 Å². The van der Waals surface area contributed by atoms with Crippen molar-refractivity contribution in [2.75, 3.05) is 19.4 Å². The second kappa shape index (κ2) is 6.46. The molecule has 0 aromatic carbocycles. The quantitative estimate of drug-likeness (QED) is 0.902. The Balaban J connectivity index is 1.52. The summed E-state index contributed by atoms with van der Waals surface area (Å²) >= 11 is 0. The summed E-state index contributed by atoms with van der Waals surface area (Å²) in [6.07, 6.45) is 9.39. The number of likely N-dealkylation sites (N-methyl/N-ethyl adjacent to an activating group) is 1. The Hall–Kier alpha value is -2.44. The van der Waals surface area contributed by atoms with E-state index in [9.17, 15) is 4.79 Å². The number of aromatic nitrogens is 4. The van der Waals surface area contributed by atoms with Crippen molar-refractivity contribution in [2.24, 2.45) is 0 Å². The normalized spacial score (nSPS) is 19.4. The van der Waals surface area contributed by atoms with E-state index in [-0.39, 0.29) is 18.5 Å². The molecule has 2 aliphatic rings. The SMILES string of the molecule is CN(C)C(=O)Cn1cc2c(n1)C(Nc1ccnc(C3CC3)n1)CCC2. The summed E-state index contributed by atoms with van der Waals surface area (Å²) in [4.78, 5) is 22.6. The molecule has 2 aromatic rings. The Morgan fingerprint density at radius 2 is 2.20 bits per heavy atom. The van der Waals surface area contributed by atoms with Gasteiger partial charge in [-0.1, -0.05) is 0 Å². The fourth-order valence-electron chi connectivity index (χ4n) is 3.27. The Morgan fingerprint density at radius 3 is 2.96 bits per heavy atom. The van der Waals surface area contributed by atoms with Gasteiger partial charge in [0, 0.05) is 32.4 Å². The second-order valence-electron chi connectivity index (χ2n) is 7.19. The van der Waals surface area contributed by atoms with E-state index >= 15 is 0 Å². The monoisotopic (exact) mass is 340 g/mol. The molecule has 2 heterocycles. The lowest BCUT2D eigenvalue weighted by molar-refractivity contribution is -0.129. The lowest BCUT2D eigenvalue weighted by atomic mass is 9.94. The van der Waals surface area contributed by atoms with Crippen LogP contribution in [0.3, 0.4) is 0 Å². The van der Waals surface area contributed by atoms with Gasteiger partial charge >= 0.3 is 0 Å². The van der Waals surface area contributed by atoms with E-state index in [4.69, 9.17) is 0 Å². The summed E-state index contributed by atoms with van der Waals surface area (Å²) in [5.41, 5.74) is 2.27. The zero-order chi connectivity index (χ0) is 17.4. The number of carbonyl (C=O) groups is 1. The molecule has 0 radical (unpaired) electrons. The molecule has 2 aromatic heterocycles. The third-order valence-electron chi connectivity index (χ3n) is 4.87. The number of amides is 1. The molecule has 1 unspecified atom stereocenters. The zero-order valence-corrected chi connectivity index (χ0v) is 14.8. The Bertz CT molecular complexity index is 780. The molecule has 0 bridgehead atoms. The lowest BCUT2D eigenvalue weighted by Crippen LogP contribution is -2.26. The van der Waals surface area contributed by atoms with Crippen molar-refractivity contribution in [1.29, 1.82) is 0 Å². The molecule has 4 rings (SSSR count). The second-order valence-corrected chi connectivity index (χ2v) is 7.19. The van der Waals surface area contributed by atoms with E-state index in [0.29, 0.717) is 5.92 Å². The lowest BCUT2D eigenvalue weighted by Gasteiger charge is -2.22. The molecule has 0 saturated heterocycles. The molecule has 1 saturated carbocycles. The van der Waals surface area contributed by atoms with Crippen molar-refractivity contribution < 1.29 is 4.79 Å². The molecule has 25 heavy (non-hydrogen) atoms. The number of aryl methyl sites for hydroxylation is 1. The van der Waals surface area contributed by atoms with E-state index in [1.807, 2.05) is 18.5 Å².